The SMILES string of the molecule is Cc1cc(C)n2c(CNC(=O)CCn3ccc4ccccc43)nnc2n1. The van der Waals surface area contributed by atoms with E-state index in [2.05, 4.69) is 43.3 Å². The van der Waals surface area contributed by atoms with E-state index in [0.29, 0.717) is 31.1 Å². The van der Waals surface area contributed by atoms with E-state index >= 15 is 0 Å². The highest BCUT2D eigenvalue weighted by Crippen LogP contribution is 2.15. The van der Waals surface area contributed by atoms with Gasteiger partial charge in [-0.05, 0) is 37.4 Å². The Hall–Kier alpha value is -3.22. The second kappa shape index (κ2) is 6.59. The smallest absolute Gasteiger partial charge is 0.255 e. The molecule has 3 aromatic heterocycles. The van der Waals surface area contributed by atoms with Gasteiger partial charge in [0.2, 0.25) is 5.91 Å². The Morgan fingerprint density at radius 3 is 2.88 bits per heavy atom. The van der Waals surface area contributed by atoms with Crippen LogP contribution in [0.25, 0.3) is 16.7 Å². The van der Waals surface area contributed by atoms with E-state index < -0.39 is 0 Å². The monoisotopic (exact) mass is 348 g/mol. The summed E-state index contributed by atoms with van der Waals surface area (Å²) < 4.78 is 3.96. The summed E-state index contributed by atoms with van der Waals surface area (Å²) in [5, 5.41) is 12.3. The van der Waals surface area contributed by atoms with Gasteiger partial charge in [0.15, 0.2) is 5.82 Å². The van der Waals surface area contributed by atoms with E-state index in [4.69, 9.17) is 0 Å². The van der Waals surface area contributed by atoms with E-state index in [-0.39, 0.29) is 5.91 Å². The molecule has 0 aliphatic heterocycles. The first-order valence-corrected chi connectivity index (χ1v) is 8.60. The second-order valence-electron chi connectivity index (χ2n) is 6.39. The number of aromatic nitrogens is 5. The second-order valence-corrected chi connectivity index (χ2v) is 6.39. The van der Waals surface area contributed by atoms with Crippen molar-refractivity contribution in [2.45, 2.75) is 33.4 Å². The highest BCUT2D eigenvalue weighted by Gasteiger charge is 2.11. The number of nitrogens with one attached hydrogen (secondary N) is 1. The highest BCUT2D eigenvalue weighted by atomic mass is 16.1. The van der Waals surface area contributed by atoms with Gasteiger partial charge in [0.05, 0.1) is 6.54 Å². The highest BCUT2D eigenvalue weighted by molar-refractivity contribution is 5.80. The first kappa shape index (κ1) is 16.3. The van der Waals surface area contributed by atoms with Crippen molar-refractivity contribution in [1.29, 1.82) is 0 Å². The van der Waals surface area contributed by atoms with Gasteiger partial charge in [-0.25, -0.2) is 4.98 Å². The molecular formula is C19H20N6O. The number of rotatable bonds is 5. The quantitative estimate of drug-likeness (QED) is 0.601. The van der Waals surface area contributed by atoms with E-state index in [0.717, 1.165) is 16.9 Å². The Balaban J connectivity index is 1.40. The van der Waals surface area contributed by atoms with Crippen LogP contribution < -0.4 is 5.32 Å². The zero-order valence-corrected chi connectivity index (χ0v) is 14.8. The minimum Gasteiger partial charge on any atom is -0.349 e. The van der Waals surface area contributed by atoms with Crippen molar-refractivity contribution in [3.8, 4) is 0 Å². The zero-order valence-electron chi connectivity index (χ0n) is 14.8. The van der Waals surface area contributed by atoms with Gasteiger partial charge in [-0.15, -0.1) is 10.2 Å². The molecule has 0 aliphatic rings. The van der Waals surface area contributed by atoms with E-state index in [1.54, 1.807) is 0 Å². The van der Waals surface area contributed by atoms with Crippen LogP contribution in [-0.2, 0) is 17.9 Å². The molecule has 7 nitrogen and oxygen atoms in total. The van der Waals surface area contributed by atoms with Gasteiger partial charge in [0.25, 0.3) is 5.78 Å². The third kappa shape index (κ3) is 3.03. The van der Waals surface area contributed by atoms with Gasteiger partial charge in [0.1, 0.15) is 0 Å². The van der Waals surface area contributed by atoms with E-state index in [1.807, 2.05) is 42.6 Å². The number of para-hydroxylation sites is 1. The topological polar surface area (TPSA) is 77.1 Å². The molecule has 1 amide bonds. The average Bonchev–Trinajstić information content (AvgIpc) is 3.22. The van der Waals surface area contributed by atoms with Gasteiger partial charge in [-0.3, -0.25) is 9.20 Å². The number of hydrogen-bond donors (Lipinski definition) is 1. The number of fused-ring (bicyclic) bond motifs is 2. The molecule has 0 radical (unpaired) electrons. The van der Waals surface area contributed by atoms with E-state index in [1.165, 1.54) is 5.39 Å². The molecule has 4 aromatic rings. The lowest BCUT2D eigenvalue weighted by Crippen LogP contribution is -2.25. The number of aryl methyl sites for hydroxylation is 3. The maximum absolute atomic E-state index is 12.2. The van der Waals surface area contributed by atoms with Gasteiger partial charge >= 0.3 is 0 Å². The van der Waals surface area contributed by atoms with Crippen LogP contribution in [0, 0.1) is 13.8 Å². The lowest BCUT2D eigenvalue weighted by atomic mass is 10.2. The largest absolute Gasteiger partial charge is 0.349 e. The number of carbonyl (C=O) groups excluding carboxylic acids is 1. The van der Waals surface area contributed by atoms with Crippen molar-refractivity contribution in [3.63, 3.8) is 0 Å². The fraction of sp³-hybridized carbons (Fsp3) is 0.263. The van der Waals surface area contributed by atoms with Crippen molar-refractivity contribution in [1.82, 2.24) is 29.5 Å². The number of hydrogen-bond acceptors (Lipinski definition) is 4. The number of amides is 1. The summed E-state index contributed by atoms with van der Waals surface area (Å²) in [6, 6.07) is 12.2. The molecule has 0 atom stereocenters. The molecule has 1 aromatic carbocycles. The normalized spacial score (nSPS) is 11.3. The van der Waals surface area contributed by atoms with Crippen LogP contribution in [0.1, 0.15) is 23.6 Å². The summed E-state index contributed by atoms with van der Waals surface area (Å²) in [6.45, 7) is 4.87. The Morgan fingerprint density at radius 1 is 1.15 bits per heavy atom. The van der Waals surface area contributed by atoms with Gasteiger partial charge < -0.3 is 9.88 Å². The van der Waals surface area contributed by atoms with Crippen LogP contribution in [0.2, 0.25) is 0 Å². The minimum absolute atomic E-state index is 0.0164. The van der Waals surface area contributed by atoms with Crippen molar-refractivity contribution in [2.24, 2.45) is 0 Å². The van der Waals surface area contributed by atoms with Crippen LogP contribution in [-0.4, -0.2) is 30.1 Å². The molecule has 3 heterocycles. The molecule has 0 unspecified atom stereocenters. The third-order valence-electron chi connectivity index (χ3n) is 4.46. The van der Waals surface area contributed by atoms with Crippen LogP contribution in [0.3, 0.4) is 0 Å². The molecule has 132 valence electrons. The van der Waals surface area contributed by atoms with Crippen molar-refractivity contribution >= 4 is 22.6 Å². The van der Waals surface area contributed by atoms with Crippen molar-refractivity contribution in [2.75, 3.05) is 0 Å². The first-order valence-electron chi connectivity index (χ1n) is 8.60. The van der Waals surface area contributed by atoms with Crippen molar-refractivity contribution in [3.05, 3.63) is 59.8 Å². The fourth-order valence-corrected chi connectivity index (χ4v) is 3.24. The Morgan fingerprint density at radius 2 is 2.00 bits per heavy atom. The molecule has 1 N–H and O–H groups in total. The maximum Gasteiger partial charge on any atom is 0.255 e. The zero-order chi connectivity index (χ0) is 18.1. The summed E-state index contributed by atoms with van der Waals surface area (Å²) in [5.41, 5.74) is 3.04. The number of carbonyl (C=O) groups is 1. The summed E-state index contributed by atoms with van der Waals surface area (Å²) in [7, 11) is 0. The van der Waals surface area contributed by atoms with Gasteiger partial charge in [-0.2, -0.15) is 0 Å². The predicted molar refractivity (Wildman–Crippen MR) is 98.7 cm³/mol. The molecule has 0 aliphatic carbocycles. The standard InChI is InChI=1S/C19H20N6O/c1-13-11-14(2)25-17(22-23-19(25)21-13)12-20-18(26)8-10-24-9-7-15-5-3-4-6-16(15)24/h3-7,9,11H,8,10,12H2,1-2H3,(H,20,26). The number of benzene rings is 1. The van der Waals surface area contributed by atoms with Crippen LogP contribution >= 0.6 is 0 Å². The number of nitrogens with zero attached hydrogens (tertiary/aromatic N) is 5. The van der Waals surface area contributed by atoms with Gasteiger partial charge in [-0.1, -0.05) is 18.2 Å². The average molecular weight is 348 g/mol. The summed E-state index contributed by atoms with van der Waals surface area (Å²) in [4.78, 5) is 16.6. The Labute approximate surface area is 150 Å². The molecular weight excluding hydrogens is 328 g/mol. The van der Waals surface area contributed by atoms with Crippen LogP contribution in [0.15, 0.2) is 42.6 Å². The lowest BCUT2D eigenvalue weighted by molar-refractivity contribution is -0.121. The molecule has 0 saturated carbocycles. The third-order valence-corrected chi connectivity index (χ3v) is 4.46. The fourth-order valence-electron chi connectivity index (χ4n) is 3.24. The predicted octanol–water partition coefficient (Wildman–Crippen LogP) is 2.40. The Bertz CT molecular complexity index is 1090. The molecule has 26 heavy (non-hydrogen) atoms. The first-order chi connectivity index (χ1) is 12.6. The summed E-state index contributed by atoms with van der Waals surface area (Å²) in [5.74, 6) is 1.23. The molecule has 0 fully saturated rings. The maximum atomic E-state index is 12.2. The van der Waals surface area contributed by atoms with Gasteiger partial charge in [0, 0.05) is 36.1 Å². The van der Waals surface area contributed by atoms with Crippen molar-refractivity contribution < 1.29 is 4.79 Å². The van der Waals surface area contributed by atoms with Crippen LogP contribution in [0.5, 0.6) is 0 Å². The lowest BCUT2D eigenvalue weighted by Gasteiger charge is -2.08. The molecule has 0 saturated heterocycles. The molecule has 7 heteroatoms. The summed E-state index contributed by atoms with van der Waals surface area (Å²) >= 11 is 0. The Kier molecular flexibility index (Phi) is 4.12. The molecule has 4 rings (SSSR count). The molecule has 0 bridgehead atoms. The minimum atomic E-state index is -0.0164. The molecule has 0 spiro atoms. The van der Waals surface area contributed by atoms with E-state index in [9.17, 15) is 4.79 Å². The van der Waals surface area contributed by atoms with Crippen LogP contribution in [0.4, 0.5) is 0 Å². The summed E-state index contributed by atoms with van der Waals surface area (Å²) in [6.07, 6.45) is 2.42.